The number of hydrogen-bond donors (Lipinski definition) is 5. The summed E-state index contributed by atoms with van der Waals surface area (Å²) in [4.78, 5) is 8.51. The van der Waals surface area contributed by atoms with Gasteiger partial charge in [-0.15, -0.1) is 0 Å². The van der Waals surface area contributed by atoms with Gasteiger partial charge in [0, 0.05) is 22.1 Å². The van der Waals surface area contributed by atoms with Crippen molar-refractivity contribution in [1.82, 2.24) is 20.4 Å². The van der Waals surface area contributed by atoms with Crippen LogP contribution in [-0.2, 0) is 0 Å². The highest BCUT2D eigenvalue weighted by atomic mass is 32.2. The Kier molecular flexibility index (Phi) is 6.58. The first kappa shape index (κ1) is 23.7. The fourth-order valence-electron chi connectivity index (χ4n) is 3.32. The highest BCUT2D eigenvalue weighted by molar-refractivity contribution is 8.00. The van der Waals surface area contributed by atoms with Crippen LogP contribution >= 0.6 is 11.8 Å². The SMILES string of the molecule is CNC(O)c1ccc(-c2cc(-c3nc(-c4ccc(SC(C)(C)O)cc4O)cnc3N)on2)cc1. The smallest absolute Gasteiger partial charge is 0.189 e. The summed E-state index contributed by atoms with van der Waals surface area (Å²) in [6.45, 7) is 3.35. The van der Waals surface area contributed by atoms with Crippen LogP contribution in [0.25, 0.3) is 34.0 Å². The quantitative estimate of drug-likeness (QED) is 0.196. The van der Waals surface area contributed by atoms with Gasteiger partial charge in [-0.05, 0) is 44.7 Å². The Labute approximate surface area is 200 Å². The minimum atomic E-state index is -0.973. The standard InChI is InChI=1S/C24H25N5O4S/c1-24(2,32)34-15-8-9-16(19(30)10-15)18-12-27-22(25)21(28-18)20-11-17(29-33-20)13-4-6-14(7-5-13)23(31)26-3/h4-12,23,26,30-32H,1-3H3,(H2,25,27). The number of nitrogens with two attached hydrogens (primary N) is 1. The van der Waals surface area contributed by atoms with Crippen LogP contribution in [0.1, 0.15) is 25.6 Å². The van der Waals surface area contributed by atoms with Crippen LogP contribution in [0.4, 0.5) is 5.82 Å². The second-order valence-electron chi connectivity index (χ2n) is 8.11. The zero-order chi connectivity index (χ0) is 24.5. The summed E-state index contributed by atoms with van der Waals surface area (Å²) >= 11 is 1.22. The Bertz CT molecular complexity index is 1300. The molecule has 1 unspecified atom stereocenters. The summed E-state index contributed by atoms with van der Waals surface area (Å²) in [7, 11) is 1.67. The fourth-order valence-corrected chi connectivity index (χ4v) is 4.20. The molecule has 10 heteroatoms. The molecule has 9 nitrogen and oxygen atoms in total. The van der Waals surface area contributed by atoms with Crippen LogP contribution in [0.15, 0.2) is 64.1 Å². The van der Waals surface area contributed by atoms with E-state index < -0.39 is 11.2 Å². The molecule has 0 aliphatic rings. The maximum Gasteiger partial charge on any atom is 0.189 e. The Morgan fingerprint density at radius 1 is 1.09 bits per heavy atom. The number of nitrogen functional groups attached to an aromatic ring is 1. The van der Waals surface area contributed by atoms with Crippen molar-refractivity contribution in [3.05, 3.63) is 60.3 Å². The molecular formula is C24H25N5O4S. The number of aliphatic hydroxyl groups is 2. The summed E-state index contributed by atoms with van der Waals surface area (Å²) in [5.41, 5.74) is 9.32. The molecule has 4 rings (SSSR count). The number of anilines is 1. The first-order valence-electron chi connectivity index (χ1n) is 10.4. The Hall–Kier alpha value is -3.44. The Balaban J connectivity index is 1.63. The largest absolute Gasteiger partial charge is 0.507 e. The number of aromatic nitrogens is 3. The van der Waals surface area contributed by atoms with Crippen molar-refractivity contribution in [2.75, 3.05) is 12.8 Å². The van der Waals surface area contributed by atoms with E-state index in [0.29, 0.717) is 33.3 Å². The molecule has 0 aliphatic heterocycles. The number of benzene rings is 2. The van der Waals surface area contributed by atoms with Crippen LogP contribution in [0.2, 0.25) is 0 Å². The molecule has 0 spiro atoms. The van der Waals surface area contributed by atoms with Gasteiger partial charge in [0.05, 0.1) is 11.9 Å². The lowest BCUT2D eigenvalue weighted by molar-refractivity contribution is 0.149. The first-order chi connectivity index (χ1) is 16.1. The van der Waals surface area contributed by atoms with Gasteiger partial charge in [0.15, 0.2) is 17.3 Å². The predicted octanol–water partition coefficient (Wildman–Crippen LogP) is 3.78. The first-order valence-corrected chi connectivity index (χ1v) is 11.3. The zero-order valence-corrected chi connectivity index (χ0v) is 19.7. The lowest BCUT2D eigenvalue weighted by Crippen LogP contribution is -2.14. The average Bonchev–Trinajstić information content (AvgIpc) is 3.28. The van der Waals surface area contributed by atoms with Gasteiger partial charge >= 0.3 is 0 Å². The average molecular weight is 480 g/mol. The normalized spacial score (nSPS) is 12.6. The Morgan fingerprint density at radius 2 is 1.82 bits per heavy atom. The topological polar surface area (TPSA) is 151 Å². The second kappa shape index (κ2) is 9.43. The van der Waals surface area contributed by atoms with Gasteiger partial charge in [-0.1, -0.05) is 41.2 Å². The van der Waals surface area contributed by atoms with E-state index in [0.717, 1.165) is 11.1 Å². The van der Waals surface area contributed by atoms with Crippen molar-refractivity contribution < 1.29 is 19.8 Å². The summed E-state index contributed by atoms with van der Waals surface area (Å²) in [5, 5.41) is 37.3. The number of phenolic OH excluding ortho intramolecular Hbond substituents is 1. The van der Waals surface area contributed by atoms with Crippen molar-refractivity contribution in [3.63, 3.8) is 0 Å². The molecule has 6 N–H and O–H groups in total. The minimum Gasteiger partial charge on any atom is -0.507 e. The van der Waals surface area contributed by atoms with E-state index in [1.165, 1.54) is 18.0 Å². The number of nitrogens with zero attached hydrogens (tertiary/aromatic N) is 3. The van der Waals surface area contributed by atoms with Crippen molar-refractivity contribution in [2.24, 2.45) is 0 Å². The number of thioether (sulfide) groups is 1. The summed E-state index contributed by atoms with van der Waals surface area (Å²) in [6, 6.07) is 14.0. The van der Waals surface area contributed by atoms with Crippen molar-refractivity contribution in [3.8, 4) is 39.7 Å². The molecule has 0 fully saturated rings. The highest BCUT2D eigenvalue weighted by Crippen LogP contribution is 2.37. The molecule has 176 valence electrons. The minimum absolute atomic E-state index is 0.00127. The molecule has 0 saturated heterocycles. The molecular weight excluding hydrogens is 454 g/mol. The monoisotopic (exact) mass is 479 g/mol. The van der Waals surface area contributed by atoms with Crippen molar-refractivity contribution in [2.45, 2.75) is 29.9 Å². The van der Waals surface area contributed by atoms with Gasteiger partial charge in [-0.3, -0.25) is 5.32 Å². The molecule has 4 aromatic rings. The third kappa shape index (κ3) is 5.20. The van der Waals surface area contributed by atoms with E-state index in [2.05, 4.69) is 20.4 Å². The molecule has 0 amide bonds. The second-order valence-corrected chi connectivity index (χ2v) is 9.78. The molecule has 2 aromatic heterocycles. The van der Waals surface area contributed by atoms with Gasteiger partial charge in [0.25, 0.3) is 0 Å². The number of aliphatic hydroxyl groups excluding tert-OH is 1. The third-order valence-corrected chi connectivity index (χ3v) is 5.94. The molecule has 34 heavy (non-hydrogen) atoms. The molecule has 0 bridgehead atoms. The van der Waals surface area contributed by atoms with E-state index in [9.17, 15) is 15.3 Å². The maximum absolute atomic E-state index is 10.6. The lowest BCUT2D eigenvalue weighted by atomic mass is 10.1. The van der Waals surface area contributed by atoms with Gasteiger partial charge in [-0.2, -0.15) is 0 Å². The van der Waals surface area contributed by atoms with Crippen LogP contribution in [-0.4, -0.2) is 42.4 Å². The highest BCUT2D eigenvalue weighted by Gasteiger charge is 2.19. The van der Waals surface area contributed by atoms with Crippen molar-refractivity contribution >= 4 is 17.6 Å². The zero-order valence-electron chi connectivity index (χ0n) is 18.9. The number of aromatic hydroxyl groups is 1. The van der Waals surface area contributed by atoms with E-state index >= 15 is 0 Å². The molecule has 0 radical (unpaired) electrons. The van der Waals surface area contributed by atoms with E-state index in [1.807, 2.05) is 12.1 Å². The molecule has 0 aliphatic carbocycles. The number of nitrogens with one attached hydrogen (secondary N) is 1. The predicted molar refractivity (Wildman–Crippen MR) is 131 cm³/mol. The van der Waals surface area contributed by atoms with Gasteiger partial charge < -0.3 is 25.6 Å². The van der Waals surface area contributed by atoms with Gasteiger partial charge in [0.2, 0.25) is 0 Å². The van der Waals surface area contributed by atoms with Crippen molar-refractivity contribution in [1.29, 1.82) is 0 Å². The molecule has 0 saturated carbocycles. The van der Waals surface area contributed by atoms with Crippen LogP contribution in [0.5, 0.6) is 5.75 Å². The number of phenols is 1. The maximum atomic E-state index is 10.6. The number of rotatable bonds is 7. The summed E-state index contributed by atoms with van der Waals surface area (Å²) in [6.07, 6.45) is 0.721. The van der Waals surface area contributed by atoms with Gasteiger partial charge in [0.1, 0.15) is 22.6 Å². The van der Waals surface area contributed by atoms with Crippen LogP contribution < -0.4 is 11.1 Å². The molecule has 1 atom stereocenters. The number of hydrogen-bond acceptors (Lipinski definition) is 10. The van der Waals surface area contributed by atoms with Gasteiger partial charge in [-0.25, -0.2) is 9.97 Å². The molecule has 2 aromatic carbocycles. The fraction of sp³-hybridized carbons (Fsp3) is 0.208. The van der Waals surface area contributed by atoms with Crippen LogP contribution in [0.3, 0.4) is 0 Å². The summed E-state index contributed by atoms with van der Waals surface area (Å²) < 4.78 is 5.49. The lowest BCUT2D eigenvalue weighted by Gasteiger charge is -2.17. The van der Waals surface area contributed by atoms with E-state index in [-0.39, 0.29) is 11.6 Å². The Morgan fingerprint density at radius 3 is 2.47 bits per heavy atom. The summed E-state index contributed by atoms with van der Waals surface area (Å²) in [5.74, 6) is 0.490. The molecule has 2 heterocycles. The van der Waals surface area contributed by atoms with E-state index in [4.69, 9.17) is 10.3 Å². The van der Waals surface area contributed by atoms with E-state index in [1.54, 1.807) is 57.3 Å². The third-order valence-electron chi connectivity index (χ3n) is 4.95. The van der Waals surface area contributed by atoms with Crippen LogP contribution in [0, 0.1) is 0 Å².